The van der Waals surface area contributed by atoms with Crippen molar-refractivity contribution < 1.29 is 9.53 Å². The summed E-state index contributed by atoms with van der Waals surface area (Å²) >= 11 is 0. The molecule has 2 aromatic rings. The predicted octanol–water partition coefficient (Wildman–Crippen LogP) is 0.790. The minimum absolute atomic E-state index is 0.115. The first-order valence-corrected chi connectivity index (χ1v) is 7.76. The molecule has 1 aromatic carbocycles. The van der Waals surface area contributed by atoms with E-state index in [0.717, 1.165) is 23.2 Å². The molecule has 1 aliphatic heterocycles. The maximum absolute atomic E-state index is 11.9. The standard InChI is InChI=1S/C17H19N3O4/c1-18-13(10-16(22)19(2)17(18)23)11-24-14-7-5-12(6-8-14)20-9-3-4-15(20)21/h5-8,10H,3-4,9,11H2,1-2H3. The quantitative estimate of drug-likeness (QED) is 0.831. The lowest BCUT2D eigenvalue weighted by Gasteiger charge is -2.16. The monoisotopic (exact) mass is 329 g/mol. The van der Waals surface area contributed by atoms with Crippen LogP contribution in [-0.4, -0.2) is 21.6 Å². The SMILES string of the molecule is Cn1c(COc2ccc(N3CCCC3=O)cc2)cc(=O)n(C)c1=O. The summed E-state index contributed by atoms with van der Waals surface area (Å²) < 4.78 is 8.09. The molecule has 1 aliphatic rings. The molecule has 2 heterocycles. The molecule has 0 N–H and O–H groups in total. The molecule has 7 heteroatoms. The van der Waals surface area contributed by atoms with Gasteiger partial charge in [0, 0.05) is 38.8 Å². The van der Waals surface area contributed by atoms with Gasteiger partial charge in [0.15, 0.2) is 0 Å². The van der Waals surface area contributed by atoms with E-state index in [1.807, 2.05) is 12.1 Å². The fourth-order valence-electron chi connectivity index (χ4n) is 2.72. The van der Waals surface area contributed by atoms with Gasteiger partial charge in [0.2, 0.25) is 5.91 Å². The first-order valence-electron chi connectivity index (χ1n) is 7.76. The minimum atomic E-state index is -0.385. The number of anilines is 1. The Bertz CT molecular complexity index is 880. The number of amides is 1. The van der Waals surface area contributed by atoms with Crippen LogP contribution in [0, 0.1) is 0 Å². The zero-order valence-corrected chi connectivity index (χ0v) is 13.7. The van der Waals surface area contributed by atoms with Crippen LogP contribution in [0.15, 0.2) is 39.9 Å². The number of carbonyl (C=O) groups excluding carboxylic acids is 1. The number of nitrogens with zero attached hydrogens (tertiary/aromatic N) is 3. The van der Waals surface area contributed by atoms with Crippen molar-refractivity contribution in [1.29, 1.82) is 0 Å². The molecule has 126 valence electrons. The van der Waals surface area contributed by atoms with Crippen LogP contribution in [0.5, 0.6) is 5.75 Å². The second-order valence-electron chi connectivity index (χ2n) is 5.81. The second-order valence-corrected chi connectivity index (χ2v) is 5.81. The van der Waals surface area contributed by atoms with E-state index in [4.69, 9.17) is 4.74 Å². The Balaban J connectivity index is 1.73. The van der Waals surface area contributed by atoms with Crippen LogP contribution < -0.4 is 20.9 Å². The summed E-state index contributed by atoms with van der Waals surface area (Å²) in [5.41, 5.74) is 0.608. The van der Waals surface area contributed by atoms with Gasteiger partial charge in [0.05, 0.1) is 5.69 Å². The van der Waals surface area contributed by atoms with Gasteiger partial charge in [-0.15, -0.1) is 0 Å². The first kappa shape index (κ1) is 16.0. The zero-order chi connectivity index (χ0) is 17.3. The molecule has 1 saturated heterocycles. The van der Waals surface area contributed by atoms with Crippen LogP contribution in [0.3, 0.4) is 0 Å². The maximum Gasteiger partial charge on any atom is 0.330 e. The Morgan fingerprint density at radius 2 is 1.75 bits per heavy atom. The summed E-state index contributed by atoms with van der Waals surface area (Å²) in [6.07, 6.45) is 1.48. The summed E-state index contributed by atoms with van der Waals surface area (Å²) in [5, 5.41) is 0. The molecule has 0 saturated carbocycles. The van der Waals surface area contributed by atoms with E-state index >= 15 is 0 Å². The van der Waals surface area contributed by atoms with Crippen LogP contribution in [0.2, 0.25) is 0 Å². The summed E-state index contributed by atoms with van der Waals surface area (Å²) in [4.78, 5) is 37.1. The number of benzene rings is 1. The highest BCUT2D eigenvalue weighted by Gasteiger charge is 2.21. The van der Waals surface area contributed by atoms with E-state index < -0.39 is 0 Å². The third-order valence-electron chi connectivity index (χ3n) is 4.23. The zero-order valence-electron chi connectivity index (χ0n) is 13.7. The second kappa shape index (κ2) is 6.35. The topological polar surface area (TPSA) is 73.5 Å². The Kier molecular flexibility index (Phi) is 4.24. The molecule has 1 amide bonds. The van der Waals surface area contributed by atoms with Crippen molar-refractivity contribution in [1.82, 2.24) is 9.13 Å². The lowest BCUT2D eigenvalue weighted by Crippen LogP contribution is -2.38. The minimum Gasteiger partial charge on any atom is -0.487 e. The number of hydrogen-bond acceptors (Lipinski definition) is 4. The molecule has 0 radical (unpaired) electrons. The molecule has 0 unspecified atom stereocenters. The highest BCUT2D eigenvalue weighted by Crippen LogP contribution is 2.24. The van der Waals surface area contributed by atoms with Crippen molar-refractivity contribution >= 4 is 11.6 Å². The molecule has 0 aliphatic carbocycles. The number of hydrogen-bond donors (Lipinski definition) is 0. The Hall–Kier alpha value is -2.83. The Morgan fingerprint density at radius 3 is 2.38 bits per heavy atom. The third-order valence-corrected chi connectivity index (χ3v) is 4.23. The molecule has 1 aromatic heterocycles. The molecule has 0 bridgehead atoms. The average molecular weight is 329 g/mol. The Morgan fingerprint density at radius 1 is 1.04 bits per heavy atom. The summed E-state index contributed by atoms with van der Waals surface area (Å²) in [7, 11) is 3.04. The number of ether oxygens (including phenoxy) is 1. The van der Waals surface area contributed by atoms with Gasteiger partial charge in [-0.2, -0.15) is 0 Å². The molecule has 3 rings (SSSR count). The summed E-state index contributed by atoms with van der Waals surface area (Å²) in [6, 6.07) is 8.61. The largest absolute Gasteiger partial charge is 0.487 e. The van der Waals surface area contributed by atoms with E-state index in [9.17, 15) is 14.4 Å². The lowest BCUT2D eigenvalue weighted by molar-refractivity contribution is -0.117. The van der Waals surface area contributed by atoms with Gasteiger partial charge in [-0.3, -0.25) is 18.7 Å². The van der Waals surface area contributed by atoms with Gasteiger partial charge in [0.1, 0.15) is 12.4 Å². The van der Waals surface area contributed by atoms with Gasteiger partial charge in [-0.25, -0.2) is 4.79 Å². The molecule has 7 nitrogen and oxygen atoms in total. The van der Waals surface area contributed by atoms with Crippen molar-refractivity contribution in [3.8, 4) is 5.75 Å². The fraction of sp³-hybridized carbons (Fsp3) is 0.353. The third kappa shape index (κ3) is 2.97. The summed E-state index contributed by atoms with van der Waals surface area (Å²) in [6.45, 7) is 0.859. The van der Waals surface area contributed by atoms with Crippen LogP contribution in [0.1, 0.15) is 18.5 Å². The summed E-state index contributed by atoms with van der Waals surface area (Å²) in [5.74, 6) is 0.748. The van der Waals surface area contributed by atoms with Gasteiger partial charge in [-0.05, 0) is 30.7 Å². The highest BCUT2D eigenvalue weighted by atomic mass is 16.5. The van der Waals surface area contributed by atoms with Gasteiger partial charge in [0.25, 0.3) is 5.56 Å². The van der Waals surface area contributed by atoms with Gasteiger partial charge in [-0.1, -0.05) is 0 Å². The Labute approximate surface area is 138 Å². The van der Waals surface area contributed by atoms with Gasteiger partial charge >= 0.3 is 5.69 Å². The highest BCUT2D eigenvalue weighted by molar-refractivity contribution is 5.95. The van der Waals surface area contributed by atoms with E-state index in [2.05, 4.69) is 0 Å². The normalized spacial score (nSPS) is 14.2. The molecule has 0 spiro atoms. The number of rotatable bonds is 4. The van der Waals surface area contributed by atoms with E-state index in [1.54, 1.807) is 24.1 Å². The molecule has 24 heavy (non-hydrogen) atoms. The number of aromatic nitrogens is 2. The van der Waals surface area contributed by atoms with Crippen molar-refractivity contribution in [3.05, 3.63) is 56.9 Å². The van der Waals surface area contributed by atoms with Crippen molar-refractivity contribution in [3.63, 3.8) is 0 Å². The van der Waals surface area contributed by atoms with Crippen LogP contribution >= 0.6 is 0 Å². The fourth-order valence-corrected chi connectivity index (χ4v) is 2.72. The van der Waals surface area contributed by atoms with Crippen molar-refractivity contribution in [2.45, 2.75) is 19.4 Å². The van der Waals surface area contributed by atoms with Crippen molar-refractivity contribution in [2.75, 3.05) is 11.4 Å². The molecule has 0 atom stereocenters. The lowest BCUT2D eigenvalue weighted by atomic mass is 10.3. The van der Waals surface area contributed by atoms with Crippen molar-refractivity contribution in [2.24, 2.45) is 14.1 Å². The van der Waals surface area contributed by atoms with E-state index in [-0.39, 0.29) is 23.8 Å². The van der Waals surface area contributed by atoms with E-state index in [1.165, 1.54) is 17.7 Å². The van der Waals surface area contributed by atoms with E-state index in [0.29, 0.717) is 17.9 Å². The van der Waals surface area contributed by atoms with Crippen LogP contribution in [0.4, 0.5) is 5.69 Å². The number of carbonyl (C=O) groups is 1. The predicted molar refractivity (Wildman–Crippen MR) is 89.3 cm³/mol. The van der Waals surface area contributed by atoms with Gasteiger partial charge < -0.3 is 9.64 Å². The average Bonchev–Trinajstić information content (AvgIpc) is 3.01. The molecular weight excluding hydrogens is 310 g/mol. The van der Waals surface area contributed by atoms with Crippen LogP contribution in [0.25, 0.3) is 0 Å². The molecular formula is C17H19N3O4. The van der Waals surface area contributed by atoms with Crippen LogP contribution in [-0.2, 0) is 25.5 Å². The smallest absolute Gasteiger partial charge is 0.330 e. The molecule has 1 fully saturated rings. The first-order chi connectivity index (χ1) is 11.5. The maximum atomic E-state index is 11.9.